The maximum Gasteiger partial charge on any atom is 0.0625 e. The summed E-state index contributed by atoms with van der Waals surface area (Å²) in [5.74, 6) is 0. The van der Waals surface area contributed by atoms with Crippen molar-refractivity contribution in [2.45, 2.75) is 0 Å². The van der Waals surface area contributed by atoms with E-state index in [4.69, 9.17) is 0 Å². The Kier molecular flexibility index (Phi) is 7.54. The van der Waals surface area contributed by atoms with E-state index in [1.54, 1.807) is 0 Å². The monoisotopic (exact) mass is 751 g/mol. The number of benzene rings is 10. The van der Waals surface area contributed by atoms with E-state index in [9.17, 15) is 0 Å². The molecule has 0 spiro atoms. The van der Waals surface area contributed by atoms with Crippen molar-refractivity contribution in [1.82, 2.24) is 9.13 Å². The third-order valence-corrected chi connectivity index (χ3v) is 12.1. The molecule has 3 heteroatoms. The molecule has 3 nitrogen and oxygen atoms in total. The van der Waals surface area contributed by atoms with Crippen LogP contribution in [0.5, 0.6) is 0 Å². The van der Waals surface area contributed by atoms with Crippen molar-refractivity contribution in [1.29, 1.82) is 0 Å². The Morgan fingerprint density at radius 1 is 0.305 bits per heavy atom. The zero-order chi connectivity index (χ0) is 38.9. The number of aromatic nitrogens is 2. The van der Waals surface area contributed by atoms with Crippen LogP contribution in [0.1, 0.15) is 0 Å². The Morgan fingerprint density at radius 3 is 1.58 bits per heavy atom. The number of hydrogen-bond acceptors (Lipinski definition) is 1. The van der Waals surface area contributed by atoms with Crippen molar-refractivity contribution in [3.63, 3.8) is 0 Å². The van der Waals surface area contributed by atoms with Crippen molar-refractivity contribution < 1.29 is 0 Å². The van der Waals surface area contributed by atoms with Crippen LogP contribution in [0.25, 0.3) is 98.8 Å². The van der Waals surface area contributed by atoms with Gasteiger partial charge in [0.15, 0.2) is 0 Å². The molecule has 1 N–H and O–H groups in total. The van der Waals surface area contributed by atoms with Gasteiger partial charge >= 0.3 is 0 Å². The molecule has 0 radical (unpaired) electrons. The molecule has 59 heavy (non-hydrogen) atoms. The van der Waals surface area contributed by atoms with Crippen molar-refractivity contribution in [2.75, 3.05) is 5.32 Å². The zero-order valence-electron chi connectivity index (χ0n) is 32.2. The number of anilines is 2. The van der Waals surface area contributed by atoms with Crippen molar-refractivity contribution in [3.8, 4) is 33.6 Å². The van der Waals surface area contributed by atoms with Crippen LogP contribution in [-0.4, -0.2) is 9.13 Å². The summed E-state index contributed by atoms with van der Waals surface area (Å²) in [6.07, 6.45) is 0. The number of hydrogen-bond donors (Lipinski definition) is 1. The largest absolute Gasteiger partial charge is 0.355 e. The van der Waals surface area contributed by atoms with E-state index in [-0.39, 0.29) is 0 Å². The fourth-order valence-electron chi connectivity index (χ4n) is 9.44. The number of fused-ring (bicyclic) bond motifs is 11. The Balaban J connectivity index is 0.956. The molecule has 0 fully saturated rings. The highest BCUT2D eigenvalue weighted by Crippen LogP contribution is 2.43. The quantitative estimate of drug-likeness (QED) is 0.168. The average Bonchev–Trinajstić information content (AvgIpc) is 3.84. The highest BCUT2D eigenvalue weighted by molar-refractivity contribution is 6.32. The molecule has 0 unspecified atom stereocenters. The van der Waals surface area contributed by atoms with E-state index >= 15 is 0 Å². The molecule has 0 amide bonds. The summed E-state index contributed by atoms with van der Waals surface area (Å²) in [5, 5.41) is 14.0. The molecule has 0 aliphatic heterocycles. The first-order valence-electron chi connectivity index (χ1n) is 20.3. The standard InChI is InChI=1S/C56H37N3/c1-3-15-37(16-4-1)49-35-38(39-28-34-54-50(36-39)45-21-11-13-25-52(45)58(54)41-17-5-2-6-18-41)27-33-51(49)57-40-29-31-42(32-30-40)59-53-26-14-12-24-48(53)55-46-22-9-7-19-43(46)44-20-8-10-23-47(44)56(55)59/h1-36,57H. The van der Waals surface area contributed by atoms with Crippen LogP contribution in [0.15, 0.2) is 218 Å². The van der Waals surface area contributed by atoms with E-state index < -0.39 is 0 Å². The SMILES string of the molecule is c1ccc(-c2cc(-c3ccc4c(c3)c3ccccc3n4-c3ccccc3)ccc2Nc2ccc(-n3c4ccccc4c4c5ccccc5c5ccccc5c43)cc2)cc1. The molecule has 12 rings (SSSR count). The van der Waals surface area contributed by atoms with Gasteiger partial charge < -0.3 is 14.5 Å². The van der Waals surface area contributed by atoms with Gasteiger partial charge in [0.25, 0.3) is 0 Å². The normalized spacial score (nSPS) is 11.7. The average molecular weight is 752 g/mol. The van der Waals surface area contributed by atoms with Crippen LogP contribution < -0.4 is 5.32 Å². The molecule has 0 aliphatic carbocycles. The van der Waals surface area contributed by atoms with Gasteiger partial charge in [-0.2, -0.15) is 0 Å². The second-order valence-corrected chi connectivity index (χ2v) is 15.4. The predicted octanol–water partition coefficient (Wildman–Crippen LogP) is 15.3. The summed E-state index contributed by atoms with van der Waals surface area (Å²) in [6.45, 7) is 0. The second kappa shape index (κ2) is 13.4. The molecule has 2 heterocycles. The first kappa shape index (κ1) is 33.3. The first-order chi connectivity index (χ1) is 29.3. The van der Waals surface area contributed by atoms with E-state index in [0.29, 0.717) is 0 Å². The fraction of sp³-hybridized carbons (Fsp3) is 0. The van der Waals surface area contributed by atoms with Crippen LogP contribution >= 0.6 is 0 Å². The van der Waals surface area contributed by atoms with Crippen LogP contribution in [0.3, 0.4) is 0 Å². The van der Waals surface area contributed by atoms with Crippen molar-refractivity contribution in [2.24, 2.45) is 0 Å². The van der Waals surface area contributed by atoms with Crippen LogP contribution in [0, 0.1) is 0 Å². The minimum absolute atomic E-state index is 1.03. The molecule has 276 valence electrons. The van der Waals surface area contributed by atoms with Crippen LogP contribution in [-0.2, 0) is 0 Å². The summed E-state index contributed by atoms with van der Waals surface area (Å²) in [5.41, 5.74) is 13.9. The van der Waals surface area contributed by atoms with Gasteiger partial charge in [-0.1, -0.05) is 146 Å². The zero-order valence-corrected chi connectivity index (χ0v) is 32.2. The van der Waals surface area contributed by atoms with E-state index in [1.807, 2.05) is 0 Å². The maximum absolute atomic E-state index is 3.81. The molecule has 10 aromatic carbocycles. The van der Waals surface area contributed by atoms with E-state index in [0.717, 1.165) is 22.6 Å². The summed E-state index contributed by atoms with van der Waals surface area (Å²) in [4.78, 5) is 0. The lowest BCUT2D eigenvalue weighted by Gasteiger charge is -2.16. The third-order valence-electron chi connectivity index (χ3n) is 12.1. The highest BCUT2D eigenvalue weighted by Gasteiger charge is 2.19. The molecule has 12 aromatic rings. The highest BCUT2D eigenvalue weighted by atomic mass is 15.0. The summed E-state index contributed by atoms with van der Waals surface area (Å²) in [6, 6.07) is 79.1. The van der Waals surface area contributed by atoms with Gasteiger partial charge in [0.05, 0.1) is 22.1 Å². The van der Waals surface area contributed by atoms with Crippen molar-refractivity contribution in [3.05, 3.63) is 218 Å². The molecule has 0 saturated carbocycles. The molecule has 0 bridgehead atoms. The molecule has 0 atom stereocenters. The van der Waals surface area contributed by atoms with E-state index in [2.05, 4.69) is 233 Å². The van der Waals surface area contributed by atoms with Gasteiger partial charge in [0.2, 0.25) is 0 Å². The van der Waals surface area contributed by atoms with Crippen molar-refractivity contribution >= 4 is 76.5 Å². The second-order valence-electron chi connectivity index (χ2n) is 15.4. The summed E-state index contributed by atoms with van der Waals surface area (Å²) in [7, 11) is 0. The van der Waals surface area contributed by atoms with E-state index in [1.165, 1.54) is 87.5 Å². The Hall–Kier alpha value is -7.88. The lowest BCUT2D eigenvalue weighted by atomic mass is 9.96. The molecule has 0 saturated heterocycles. The Morgan fingerprint density at radius 2 is 0.831 bits per heavy atom. The minimum Gasteiger partial charge on any atom is -0.355 e. The van der Waals surface area contributed by atoms with Crippen LogP contribution in [0.4, 0.5) is 11.4 Å². The maximum atomic E-state index is 3.81. The van der Waals surface area contributed by atoms with Gasteiger partial charge in [0, 0.05) is 55.2 Å². The summed E-state index contributed by atoms with van der Waals surface area (Å²) >= 11 is 0. The number of nitrogens with zero attached hydrogens (tertiary/aromatic N) is 2. The molecular formula is C56H37N3. The summed E-state index contributed by atoms with van der Waals surface area (Å²) < 4.78 is 4.81. The minimum atomic E-state index is 1.03. The lowest BCUT2D eigenvalue weighted by Crippen LogP contribution is -1.97. The molecule has 0 aliphatic rings. The number of rotatable bonds is 6. The molecule has 2 aromatic heterocycles. The Bertz CT molecular complexity index is 3560. The fourth-order valence-corrected chi connectivity index (χ4v) is 9.44. The Labute approximate surface area is 341 Å². The lowest BCUT2D eigenvalue weighted by molar-refractivity contribution is 1.18. The van der Waals surface area contributed by atoms with Gasteiger partial charge in [-0.05, 0) is 106 Å². The van der Waals surface area contributed by atoms with Gasteiger partial charge in [0.1, 0.15) is 0 Å². The van der Waals surface area contributed by atoms with Gasteiger partial charge in [-0.15, -0.1) is 0 Å². The number of para-hydroxylation sites is 3. The topological polar surface area (TPSA) is 21.9 Å². The predicted molar refractivity (Wildman–Crippen MR) is 251 cm³/mol. The van der Waals surface area contributed by atoms with Crippen LogP contribution in [0.2, 0.25) is 0 Å². The molecular weight excluding hydrogens is 715 g/mol. The van der Waals surface area contributed by atoms with Gasteiger partial charge in [-0.3, -0.25) is 0 Å². The smallest absolute Gasteiger partial charge is 0.0625 e. The third kappa shape index (κ3) is 5.29. The van der Waals surface area contributed by atoms with Gasteiger partial charge in [-0.25, -0.2) is 0 Å². The number of nitrogens with one attached hydrogen (secondary N) is 1. The first-order valence-corrected chi connectivity index (χ1v) is 20.3.